The van der Waals surface area contributed by atoms with Gasteiger partial charge in [0.05, 0.1) is 0 Å². The van der Waals surface area contributed by atoms with E-state index in [9.17, 15) is 9.90 Å². The average Bonchev–Trinajstić information content (AvgIpc) is 2.01. The molecule has 1 rings (SSSR count). The first-order valence-electron chi connectivity index (χ1n) is 3.55. The minimum Gasteiger partial charge on any atom is -0.503 e. The molecule has 0 amide bonds. The molecule has 1 aromatic rings. The van der Waals surface area contributed by atoms with Gasteiger partial charge in [0.2, 0.25) is 0 Å². The van der Waals surface area contributed by atoms with Crippen LogP contribution in [-0.2, 0) is 6.54 Å². The van der Waals surface area contributed by atoms with Crippen LogP contribution >= 0.6 is 0 Å². The van der Waals surface area contributed by atoms with E-state index in [1.165, 1.54) is 4.57 Å². The molecule has 0 aromatic carbocycles. The van der Waals surface area contributed by atoms with Crippen molar-refractivity contribution in [3.63, 3.8) is 0 Å². The van der Waals surface area contributed by atoms with E-state index in [-0.39, 0.29) is 11.3 Å². The quantitative estimate of drug-likeness (QED) is 0.650. The largest absolute Gasteiger partial charge is 0.503 e. The number of hydrogen-bond donors (Lipinski definition) is 1. The zero-order valence-electron chi connectivity index (χ0n) is 6.66. The minimum absolute atomic E-state index is 0.144. The summed E-state index contributed by atoms with van der Waals surface area (Å²) in [6.07, 6.45) is 1.68. The van der Waals surface area contributed by atoms with E-state index in [2.05, 4.69) is 0 Å². The summed E-state index contributed by atoms with van der Waals surface area (Å²) in [7, 11) is 0. The van der Waals surface area contributed by atoms with Crippen LogP contribution in [0.4, 0.5) is 0 Å². The Morgan fingerprint density at radius 2 is 2.27 bits per heavy atom. The van der Waals surface area contributed by atoms with Gasteiger partial charge in [-0.25, -0.2) is 0 Å². The molecule has 0 fully saturated rings. The van der Waals surface area contributed by atoms with Gasteiger partial charge in [0.15, 0.2) is 5.75 Å². The van der Waals surface area contributed by atoms with Crippen LogP contribution in [0.15, 0.2) is 17.1 Å². The molecule has 11 heavy (non-hydrogen) atoms. The second-order valence-corrected chi connectivity index (χ2v) is 2.44. The van der Waals surface area contributed by atoms with Crippen molar-refractivity contribution in [1.82, 2.24) is 4.57 Å². The van der Waals surface area contributed by atoms with Gasteiger partial charge in [-0.1, -0.05) is 0 Å². The summed E-state index contributed by atoms with van der Waals surface area (Å²) >= 11 is 0. The second kappa shape index (κ2) is 2.78. The van der Waals surface area contributed by atoms with Gasteiger partial charge < -0.3 is 9.67 Å². The van der Waals surface area contributed by atoms with E-state index in [0.29, 0.717) is 12.1 Å². The van der Waals surface area contributed by atoms with Gasteiger partial charge >= 0.3 is 0 Å². The van der Waals surface area contributed by atoms with E-state index < -0.39 is 0 Å². The summed E-state index contributed by atoms with van der Waals surface area (Å²) in [5.41, 5.74) is 0.312. The van der Waals surface area contributed by atoms with Crippen LogP contribution in [-0.4, -0.2) is 9.67 Å². The van der Waals surface area contributed by atoms with Crippen LogP contribution in [0.2, 0.25) is 0 Å². The highest BCUT2D eigenvalue weighted by Gasteiger charge is 2.02. The lowest BCUT2D eigenvalue weighted by atomic mass is 10.3. The van der Waals surface area contributed by atoms with Crippen LogP contribution < -0.4 is 5.56 Å². The van der Waals surface area contributed by atoms with E-state index in [0.717, 1.165) is 0 Å². The summed E-state index contributed by atoms with van der Waals surface area (Å²) in [4.78, 5) is 11.1. The summed E-state index contributed by atoms with van der Waals surface area (Å²) in [6.45, 7) is 4.15. The Kier molecular flexibility index (Phi) is 1.98. The number of aryl methyl sites for hydroxylation is 2. The third-order valence-corrected chi connectivity index (χ3v) is 1.68. The molecule has 0 radical (unpaired) electrons. The van der Waals surface area contributed by atoms with Gasteiger partial charge in [-0.2, -0.15) is 0 Å². The van der Waals surface area contributed by atoms with E-state index in [4.69, 9.17) is 0 Å². The molecule has 3 heteroatoms. The highest BCUT2D eigenvalue weighted by Crippen LogP contribution is 2.07. The van der Waals surface area contributed by atoms with E-state index in [1.807, 2.05) is 6.92 Å². The van der Waals surface area contributed by atoms with Crippen molar-refractivity contribution in [2.24, 2.45) is 0 Å². The Hall–Kier alpha value is -1.25. The van der Waals surface area contributed by atoms with Crippen LogP contribution in [0, 0.1) is 6.92 Å². The molecule has 1 N–H and O–H groups in total. The molecular weight excluding hydrogens is 142 g/mol. The van der Waals surface area contributed by atoms with Crippen molar-refractivity contribution in [3.8, 4) is 5.75 Å². The van der Waals surface area contributed by atoms with Gasteiger partial charge in [-0.3, -0.25) is 4.79 Å². The molecule has 0 unspecified atom stereocenters. The number of aromatic nitrogens is 1. The van der Waals surface area contributed by atoms with Gasteiger partial charge in [0, 0.05) is 12.7 Å². The van der Waals surface area contributed by atoms with Crippen molar-refractivity contribution in [3.05, 3.63) is 28.2 Å². The Labute approximate surface area is 64.9 Å². The molecule has 0 aliphatic heterocycles. The van der Waals surface area contributed by atoms with Crippen LogP contribution in [0.25, 0.3) is 0 Å². The molecule has 60 valence electrons. The maximum Gasteiger partial charge on any atom is 0.292 e. The number of aromatic hydroxyl groups is 1. The highest BCUT2D eigenvalue weighted by molar-refractivity contribution is 5.26. The normalized spacial score (nSPS) is 10.0. The Morgan fingerprint density at radius 1 is 1.64 bits per heavy atom. The predicted molar refractivity (Wildman–Crippen MR) is 42.8 cm³/mol. The molecule has 0 aliphatic rings. The van der Waals surface area contributed by atoms with E-state index >= 15 is 0 Å². The maximum absolute atomic E-state index is 11.1. The molecule has 0 aliphatic carbocycles. The summed E-state index contributed by atoms with van der Waals surface area (Å²) in [5.74, 6) is -0.144. The standard InChI is InChI=1S/C8H11NO2/c1-3-9-5-4-6(2)7(10)8(9)11/h4-5,10H,3H2,1-2H3. The summed E-state index contributed by atoms with van der Waals surface area (Å²) < 4.78 is 1.46. The second-order valence-electron chi connectivity index (χ2n) is 2.44. The van der Waals surface area contributed by atoms with Crippen LogP contribution in [0.1, 0.15) is 12.5 Å². The third kappa shape index (κ3) is 1.27. The molecule has 0 spiro atoms. The van der Waals surface area contributed by atoms with Crippen molar-refractivity contribution < 1.29 is 5.11 Å². The Balaban J connectivity index is 3.37. The third-order valence-electron chi connectivity index (χ3n) is 1.68. The van der Waals surface area contributed by atoms with Crippen molar-refractivity contribution in [2.75, 3.05) is 0 Å². The first-order valence-corrected chi connectivity index (χ1v) is 3.55. The minimum atomic E-state index is -0.312. The van der Waals surface area contributed by atoms with Gasteiger partial charge in [0.1, 0.15) is 0 Å². The predicted octanol–water partition coefficient (Wildman–Crippen LogP) is 0.882. The first-order chi connectivity index (χ1) is 5.16. The monoisotopic (exact) mass is 153 g/mol. The molecule has 1 heterocycles. The van der Waals surface area contributed by atoms with Gasteiger partial charge in [-0.05, 0) is 25.5 Å². The number of hydrogen-bond acceptors (Lipinski definition) is 2. The summed E-state index contributed by atoms with van der Waals surface area (Å²) in [5, 5.41) is 9.18. The topological polar surface area (TPSA) is 42.2 Å². The highest BCUT2D eigenvalue weighted by atomic mass is 16.3. The Morgan fingerprint density at radius 3 is 2.82 bits per heavy atom. The Bertz CT molecular complexity index is 314. The van der Waals surface area contributed by atoms with Crippen LogP contribution in [0.3, 0.4) is 0 Å². The maximum atomic E-state index is 11.1. The smallest absolute Gasteiger partial charge is 0.292 e. The lowest BCUT2D eigenvalue weighted by Gasteiger charge is -2.02. The van der Waals surface area contributed by atoms with E-state index in [1.54, 1.807) is 19.2 Å². The van der Waals surface area contributed by atoms with Gasteiger partial charge in [0.25, 0.3) is 5.56 Å². The lowest BCUT2D eigenvalue weighted by Crippen LogP contribution is -2.18. The SMILES string of the molecule is CCn1ccc(C)c(O)c1=O. The molecular formula is C8H11NO2. The lowest BCUT2D eigenvalue weighted by molar-refractivity contribution is 0.453. The molecule has 1 aromatic heterocycles. The molecule has 0 atom stereocenters. The van der Waals surface area contributed by atoms with Crippen LogP contribution in [0.5, 0.6) is 5.75 Å². The fourth-order valence-electron chi connectivity index (χ4n) is 0.902. The fourth-order valence-corrected chi connectivity index (χ4v) is 0.902. The zero-order valence-corrected chi connectivity index (χ0v) is 6.66. The average molecular weight is 153 g/mol. The molecule has 0 saturated heterocycles. The molecule has 0 bridgehead atoms. The zero-order chi connectivity index (χ0) is 8.43. The van der Waals surface area contributed by atoms with Crippen molar-refractivity contribution in [2.45, 2.75) is 20.4 Å². The van der Waals surface area contributed by atoms with Crippen molar-refractivity contribution in [1.29, 1.82) is 0 Å². The fraction of sp³-hybridized carbons (Fsp3) is 0.375. The number of pyridine rings is 1. The summed E-state index contributed by atoms with van der Waals surface area (Å²) in [6, 6.07) is 1.72. The van der Waals surface area contributed by atoms with Gasteiger partial charge in [-0.15, -0.1) is 0 Å². The first kappa shape index (κ1) is 7.85. The molecule has 0 saturated carbocycles. The molecule has 3 nitrogen and oxygen atoms in total. The van der Waals surface area contributed by atoms with Crippen molar-refractivity contribution >= 4 is 0 Å². The number of rotatable bonds is 1. The number of nitrogens with zero attached hydrogens (tertiary/aromatic N) is 1.